The Morgan fingerprint density at radius 3 is 2.66 bits per heavy atom. The van der Waals surface area contributed by atoms with E-state index in [-0.39, 0.29) is 34.9 Å². The lowest BCUT2D eigenvalue weighted by atomic mass is 10.0. The van der Waals surface area contributed by atoms with Gasteiger partial charge in [-0.1, -0.05) is 0 Å². The first kappa shape index (κ1) is 26.1. The zero-order valence-corrected chi connectivity index (χ0v) is 21.5. The highest BCUT2D eigenvalue weighted by Gasteiger charge is 2.49. The molecule has 0 bridgehead atoms. The molecule has 4 heterocycles. The van der Waals surface area contributed by atoms with E-state index in [4.69, 9.17) is 4.74 Å². The Balaban J connectivity index is 1.78. The number of halogens is 4. The van der Waals surface area contributed by atoms with Crippen molar-refractivity contribution in [3.05, 3.63) is 46.0 Å². The van der Waals surface area contributed by atoms with Crippen molar-refractivity contribution in [1.82, 2.24) is 14.9 Å². The van der Waals surface area contributed by atoms with Gasteiger partial charge in [0.15, 0.2) is 0 Å². The second kappa shape index (κ2) is 9.36. The summed E-state index contributed by atoms with van der Waals surface area (Å²) < 4.78 is 87.3. The molecule has 0 fully saturated rings. The van der Waals surface area contributed by atoms with Crippen LogP contribution < -0.4 is 8.92 Å². The number of pyridine rings is 1. The van der Waals surface area contributed by atoms with E-state index >= 15 is 0 Å². The van der Waals surface area contributed by atoms with Crippen LogP contribution in [0.2, 0.25) is 0 Å². The van der Waals surface area contributed by atoms with Crippen molar-refractivity contribution in [2.24, 2.45) is 0 Å². The van der Waals surface area contributed by atoms with Gasteiger partial charge in [-0.15, -0.1) is 22.7 Å². The summed E-state index contributed by atoms with van der Waals surface area (Å²) in [6.45, 7) is 0.240. The van der Waals surface area contributed by atoms with Gasteiger partial charge in [0, 0.05) is 39.7 Å². The molecule has 0 unspecified atom stereocenters. The van der Waals surface area contributed by atoms with Crippen LogP contribution in [0.1, 0.15) is 10.6 Å². The topological polar surface area (TPSA) is 119 Å². The fraction of sp³-hybridized carbons (Fsp3) is 0.227. The molecule has 0 atom stereocenters. The summed E-state index contributed by atoms with van der Waals surface area (Å²) in [5.41, 5.74) is -4.51. The van der Waals surface area contributed by atoms with Crippen molar-refractivity contribution in [1.29, 1.82) is 0 Å². The van der Waals surface area contributed by atoms with Crippen LogP contribution in [0, 0.1) is 5.82 Å². The van der Waals surface area contributed by atoms with Crippen molar-refractivity contribution >= 4 is 49.0 Å². The number of nitrogens with zero attached hydrogens (tertiary/aromatic N) is 3. The highest BCUT2D eigenvalue weighted by molar-refractivity contribution is 7.88. The number of alkyl halides is 3. The lowest BCUT2D eigenvalue weighted by molar-refractivity contribution is -0.0500. The molecule has 0 aliphatic carbocycles. The number of hydrogen-bond donors (Lipinski definition) is 1. The van der Waals surface area contributed by atoms with Crippen molar-refractivity contribution in [2.75, 3.05) is 13.7 Å². The second-order valence-electron chi connectivity index (χ2n) is 7.97. The number of thiophene rings is 1. The molecular formula is C22H15F4N3O6S3. The highest BCUT2D eigenvalue weighted by atomic mass is 32.2. The maximum absolute atomic E-state index is 14.0. The molecule has 3 aromatic heterocycles. The van der Waals surface area contributed by atoms with Crippen LogP contribution in [0.5, 0.6) is 11.6 Å². The third-order valence-electron chi connectivity index (χ3n) is 5.68. The molecule has 1 aliphatic rings. The molecule has 16 heteroatoms. The molecule has 1 aliphatic heterocycles. The average Bonchev–Trinajstić information content (AvgIpc) is 3.50. The standard InChI is InChI=1S/C22H15F4N3O6S3/c1-34-14-8-10(23)2-3-11(14)16-17(20-27-13-4-6-29(21(30)31)9-15(13)37-20)28-19(12-5-7-36-18(12)16)35-38(32,33)22(24,25)26/h2-3,5,7-8H,4,6,9H2,1H3,(H,30,31). The van der Waals surface area contributed by atoms with E-state index in [1.165, 1.54) is 29.5 Å². The number of rotatable bonds is 5. The van der Waals surface area contributed by atoms with Gasteiger partial charge in [-0.05, 0) is 23.6 Å². The maximum atomic E-state index is 14.0. The Hall–Kier alpha value is -3.50. The quantitative estimate of drug-likeness (QED) is 0.184. The number of hydrogen-bond acceptors (Lipinski definition) is 9. The minimum Gasteiger partial charge on any atom is -0.496 e. The number of amides is 1. The Labute approximate surface area is 220 Å². The summed E-state index contributed by atoms with van der Waals surface area (Å²) in [6.07, 6.45) is -0.825. The molecule has 0 saturated carbocycles. The van der Waals surface area contributed by atoms with Crippen molar-refractivity contribution in [3.8, 4) is 33.5 Å². The van der Waals surface area contributed by atoms with E-state index in [0.29, 0.717) is 32.8 Å². The van der Waals surface area contributed by atoms with Gasteiger partial charge in [-0.3, -0.25) is 0 Å². The fourth-order valence-corrected chi connectivity index (χ4v) is 6.44. The van der Waals surface area contributed by atoms with Gasteiger partial charge >= 0.3 is 21.7 Å². The number of carboxylic acid groups (broad SMARTS) is 1. The number of carbonyl (C=O) groups is 1. The van der Waals surface area contributed by atoms with Gasteiger partial charge in [0.2, 0.25) is 5.88 Å². The van der Waals surface area contributed by atoms with Crippen molar-refractivity contribution < 1.29 is 44.8 Å². The molecule has 1 amide bonds. The Morgan fingerprint density at radius 2 is 1.97 bits per heavy atom. The van der Waals surface area contributed by atoms with Crippen LogP contribution >= 0.6 is 22.7 Å². The average molecular weight is 590 g/mol. The summed E-state index contributed by atoms with van der Waals surface area (Å²) in [5, 5.41) is 11.0. The normalized spacial score (nSPS) is 14.0. The van der Waals surface area contributed by atoms with E-state index in [9.17, 15) is 35.9 Å². The molecule has 38 heavy (non-hydrogen) atoms. The maximum Gasteiger partial charge on any atom is 0.534 e. The molecule has 1 N–H and O–H groups in total. The number of benzene rings is 1. The SMILES string of the molecule is COc1cc(F)ccc1-c1c(-c2nc3c(s2)CN(C(=O)O)CC3)nc(OS(=O)(=O)C(F)(F)F)c2ccsc12. The van der Waals surface area contributed by atoms with Crippen molar-refractivity contribution in [2.45, 2.75) is 18.5 Å². The number of thiazole rings is 1. The molecule has 200 valence electrons. The minimum absolute atomic E-state index is 0.0219. The van der Waals surface area contributed by atoms with Crippen LogP contribution in [0.4, 0.5) is 22.4 Å². The monoisotopic (exact) mass is 589 g/mol. The number of fused-ring (bicyclic) bond motifs is 2. The first-order chi connectivity index (χ1) is 17.9. The van der Waals surface area contributed by atoms with E-state index in [1.807, 2.05) is 0 Å². The van der Waals surface area contributed by atoms with Crippen LogP contribution in [-0.4, -0.2) is 53.6 Å². The van der Waals surface area contributed by atoms with Crippen LogP contribution in [0.3, 0.4) is 0 Å². The molecular weight excluding hydrogens is 574 g/mol. The Morgan fingerprint density at radius 1 is 1.21 bits per heavy atom. The molecule has 1 aromatic carbocycles. The Kier molecular flexibility index (Phi) is 6.43. The van der Waals surface area contributed by atoms with E-state index in [0.717, 1.165) is 34.8 Å². The zero-order valence-electron chi connectivity index (χ0n) is 19.1. The van der Waals surface area contributed by atoms with E-state index in [1.54, 1.807) is 0 Å². The number of aromatic nitrogens is 2. The van der Waals surface area contributed by atoms with E-state index < -0.39 is 33.4 Å². The highest BCUT2D eigenvalue weighted by Crippen LogP contribution is 2.47. The number of ether oxygens (including phenoxy) is 1. The summed E-state index contributed by atoms with van der Waals surface area (Å²) in [5.74, 6) is -1.31. The van der Waals surface area contributed by atoms with Gasteiger partial charge in [-0.25, -0.2) is 19.2 Å². The molecule has 0 spiro atoms. The molecule has 4 aromatic rings. The van der Waals surface area contributed by atoms with Gasteiger partial charge in [0.25, 0.3) is 0 Å². The van der Waals surface area contributed by atoms with Gasteiger partial charge in [0.05, 0.1) is 24.7 Å². The third kappa shape index (κ3) is 4.52. The molecule has 0 radical (unpaired) electrons. The van der Waals surface area contributed by atoms with Crippen LogP contribution in [-0.2, 0) is 23.1 Å². The smallest absolute Gasteiger partial charge is 0.496 e. The first-order valence-corrected chi connectivity index (χ1v) is 13.7. The second-order valence-corrected chi connectivity index (χ2v) is 11.5. The predicted octanol–water partition coefficient (Wildman–Crippen LogP) is 5.50. The van der Waals surface area contributed by atoms with Gasteiger partial charge in [-0.2, -0.15) is 21.6 Å². The summed E-state index contributed by atoms with van der Waals surface area (Å²) in [4.78, 5) is 22.0. The minimum atomic E-state index is -6.06. The molecule has 5 rings (SSSR count). The fourth-order valence-electron chi connectivity index (χ4n) is 3.95. The first-order valence-electron chi connectivity index (χ1n) is 10.6. The van der Waals surface area contributed by atoms with Crippen molar-refractivity contribution in [3.63, 3.8) is 0 Å². The van der Waals surface area contributed by atoms with Gasteiger partial charge < -0.3 is 18.9 Å². The van der Waals surface area contributed by atoms with E-state index in [2.05, 4.69) is 14.2 Å². The lowest BCUT2D eigenvalue weighted by Gasteiger charge is -2.22. The zero-order chi connectivity index (χ0) is 27.4. The Bertz CT molecular complexity index is 1680. The largest absolute Gasteiger partial charge is 0.534 e. The van der Waals surface area contributed by atoms with Gasteiger partial charge in [0.1, 0.15) is 22.3 Å². The number of methoxy groups -OCH3 is 1. The van der Waals surface area contributed by atoms with Crippen LogP contribution in [0.25, 0.3) is 31.9 Å². The van der Waals surface area contributed by atoms with Crippen LogP contribution in [0.15, 0.2) is 29.6 Å². The molecule has 9 nitrogen and oxygen atoms in total. The molecule has 0 saturated heterocycles. The predicted molar refractivity (Wildman–Crippen MR) is 130 cm³/mol. The summed E-state index contributed by atoms with van der Waals surface area (Å²) in [7, 11) is -4.74. The third-order valence-corrected chi connectivity index (χ3v) is 8.65. The lowest BCUT2D eigenvalue weighted by Crippen LogP contribution is -2.34. The summed E-state index contributed by atoms with van der Waals surface area (Å²) >= 11 is 2.14. The summed E-state index contributed by atoms with van der Waals surface area (Å²) in [6, 6.07) is 5.04.